The minimum absolute atomic E-state index is 0.0819. The molecule has 1 aliphatic heterocycles. The Hall–Kier alpha value is -1.51. The number of carbonyl (C=O) groups excluding carboxylic acids is 1. The fourth-order valence-corrected chi connectivity index (χ4v) is 4.26. The van der Waals surface area contributed by atoms with Crippen LogP contribution in [0.2, 0.25) is 0 Å². The average molecular weight is 364 g/mol. The normalized spacial score (nSPS) is 17.9. The Bertz CT molecular complexity index is 665. The van der Waals surface area contributed by atoms with Crippen molar-refractivity contribution in [1.29, 1.82) is 0 Å². The van der Waals surface area contributed by atoms with E-state index in [-0.39, 0.29) is 12.0 Å². The maximum Gasteiger partial charge on any atom is 0.233 e. The van der Waals surface area contributed by atoms with Gasteiger partial charge < -0.3 is 9.64 Å². The summed E-state index contributed by atoms with van der Waals surface area (Å²) in [4.78, 5) is 18.5. The quantitative estimate of drug-likeness (QED) is 0.734. The van der Waals surface area contributed by atoms with Crippen LogP contribution in [-0.4, -0.2) is 50.9 Å². The Morgan fingerprint density at radius 1 is 1.46 bits per heavy atom. The third kappa shape index (κ3) is 4.99. The predicted molar refractivity (Wildman–Crippen MR) is 94.0 cm³/mol. The molecule has 2 aromatic rings. The van der Waals surface area contributed by atoms with Gasteiger partial charge in [0.1, 0.15) is 5.01 Å². The molecule has 1 saturated heterocycles. The van der Waals surface area contributed by atoms with Crippen molar-refractivity contribution in [3.05, 3.63) is 35.1 Å². The maximum atomic E-state index is 12.4. The zero-order valence-electron chi connectivity index (χ0n) is 13.6. The van der Waals surface area contributed by atoms with E-state index < -0.39 is 0 Å². The summed E-state index contributed by atoms with van der Waals surface area (Å²) in [6, 6.07) is 5.79. The lowest BCUT2D eigenvalue weighted by Crippen LogP contribution is -2.44. The van der Waals surface area contributed by atoms with E-state index in [9.17, 15) is 4.79 Å². The number of aryl methyl sites for hydroxylation is 1. The first-order valence-corrected chi connectivity index (χ1v) is 9.73. The fourth-order valence-electron chi connectivity index (χ4n) is 2.54. The Morgan fingerprint density at radius 3 is 3.12 bits per heavy atom. The van der Waals surface area contributed by atoms with Gasteiger partial charge >= 0.3 is 0 Å². The number of rotatable bonds is 6. The summed E-state index contributed by atoms with van der Waals surface area (Å²) in [6.45, 7) is 3.86. The molecule has 24 heavy (non-hydrogen) atoms. The molecule has 0 N–H and O–H groups in total. The van der Waals surface area contributed by atoms with Gasteiger partial charge in [-0.05, 0) is 31.9 Å². The van der Waals surface area contributed by atoms with Gasteiger partial charge in [0.15, 0.2) is 4.34 Å². The molecular weight excluding hydrogens is 344 g/mol. The number of likely N-dealkylation sites (tertiary alicyclic amines) is 1. The second-order valence-electron chi connectivity index (χ2n) is 5.61. The van der Waals surface area contributed by atoms with Crippen molar-refractivity contribution in [1.82, 2.24) is 20.1 Å². The third-order valence-corrected chi connectivity index (χ3v) is 5.71. The van der Waals surface area contributed by atoms with Crippen molar-refractivity contribution in [3.8, 4) is 0 Å². The van der Waals surface area contributed by atoms with Crippen molar-refractivity contribution in [2.75, 3.05) is 18.8 Å². The molecule has 1 atom stereocenters. The molecule has 8 heteroatoms. The minimum Gasteiger partial charge on any atom is -0.370 e. The predicted octanol–water partition coefficient (Wildman–Crippen LogP) is 2.54. The van der Waals surface area contributed by atoms with E-state index in [0.717, 1.165) is 34.4 Å². The number of aromatic nitrogens is 3. The number of hydrogen-bond acceptors (Lipinski definition) is 7. The van der Waals surface area contributed by atoms with Crippen LogP contribution in [-0.2, 0) is 16.1 Å². The van der Waals surface area contributed by atoms with Crippen LogP contribution in [0.15, 0.2) is 28.7 Å². The van der Waals surface area contributed by atoms with Crippen molar-refractivity contribution in [2.45, 2.75) is 36.8 Å². The Morgan fingerprint density at radius 2 is 2.38 bits per heavy atom. The molecule has 6 nitrogen and oxygen atoms in total. The molecule has 3 heterocycles. The van der Waals surface area contributed by atoms with Crippen LogP contribution in [0, 0.1) is 6.92 Å². The number of amides is 1. The number of piperidine rings is 1. The van der Waals surface area contributed by atoms with E-state index in [1.165, 1.54) is 23.1 Å². The number of pyridine rings is 1. The van der Waals surface area contributed by atoms with Crippen LogP contribution in [0.3, 0.4) is 0 Å². The van der Waals surface area contributed by atoms with Gasteiger partial charge in [-0.25, -0.2) is 0 Å². The van der Waals surface area contributed by atoms with E-state index in [0.29, 0.717) is 18.9 Å². The molecule has 0 bridgehead atoms. The van der Waals surface area contributed by atoms with Gasteiger partial charge in [-0.1, -0.05) is 29.2 Å². The highest BCUT2D eigenvalue weighted by Crippen LogP contribution is 2.23. The molecule has 0 aliphatic carbocycles. The van der Waals surface area contributed by atoms with Crippen LogP contribution in [0.5, 0.6) is 0 Å². The number of nitrogens with zero attached hydrogens (tertiary/aromatic N) is 4. The van der Waals surface area contributed by atoms with E-state index >= 15 is 0 Å². The lowest BCUT2D eigenvalue weighted by atomic mass is 10.1. The summed E-state index contributed by atoms with van der Waals surface area (Å²) in [5.74, 6) is 0.542. The first kappa shape index (κ1) is 17.3. The van der Waals surface area contributed by atoms with Gasteiger partial charge in [0, 0.05) is 19.3 Å². The lowest BCUT2D eigenvalue weighted by Gasteiger charge is -2.32. The summed E-state index contributed by atoms with van der Waals surface area (Å²) in [7, 11) is 0. The second kappa shape index (κ2) is 8.55. The van der Waals surface area contributed by atoms with Gasteiger partial charge in [-0.15, -0.1) is 10.2 Å². The molecule has 1 aliphatic rings. The second-order valence-corrected chi connectivity index (χ2v) is 8.02. The van der Waals surface area contributed by atoms with Crippen molar-refractivity contribution >= 4 is 29.0 Å². The molecule has 3 rings (SSSR count). The zero-order valence-corrected chi connectivity index (χ0v) is 15.2. The first-order valence-electron chi connectivity index (χ1n) is 7.93. The van der Waals surface area contributed by atoms with E-state index in [2.05, 4.69) is 15.2 Å². The SMILES string of the molecule is Cc1nnc(SCC(=O)N2CCC[C@H](OCc3ccccn3)C2)s1. The highest BCUT2D eigenvalue weighted by molar-refractivity contribution is 8.01. The van der Waals surface area contributed by atoms with Crippen molar-refractivity contribution < 1.29 is 9.53 Å². The lowest BCUT2D eigenvalue weighted by molar-refractivity contribution is -0.132. The van der Waals surface area contributed by atoms with Crippen molar-refractivity contribution in [3.63, 3.8) is 0 Å². The molecule has 0 aromatic carbocycles. The number of ether oxygens (including phenoxy) is 1. The van der Waals surface area contributed by atoms with Crippen LogP contribution in [0.1, 0.15) is 23.5 Å². The average Bonchev–Trinajstić information content (AvgIpc) is 3.04. The van der Waals surface area contributed by atoms with Gasteiger partial charge in [-0.3, -0.25) is 9.78 Å². The van der Waals surface area contributed by atoms with E-state index in [1.54, 1.807) is 6.20 Å². The molecule has 0 unspecified atom stereocenters. The van der Waals surface area contributed by atoms with E-state index in [4.69, 9.17) is 4.74 Å². The standard InChI is InChI=1S/C16H20N4O2S2/c1-12-18-19-16(24-12)23-11-15(21)20-8-4-6-14(9-20)22-10-13-5-2-3-7-17-13/h2-3,5,7,14H,4,6,8-11H2,1H3/t14-/m0/s1. The monoisotopic (exact) mass is 364 g/mol. The minimum atomic E-state index is 0.0819. The first-order chi connectivity index (χ1) is 11.7. The summed E-state index contributed by atoms with van der Waals surface area (Å²) in [5, 5.41) is 8.93. The highest BCUT2D eigenvalue weighted by atomic mass is 32.2. The number of hydrogen-bond donors (Lipinski definition) is 0. The molecule has 128 valence electrons. The van der Waals surface area contributed by atoms with Crippen molar-refractivity contribution in [2.24, 2.45) is 0 Å². The number of carbonyl (C=O) groups is 1. The fraction of sp³-hybridized carbons (Fsp3) is 0.500. The maximum absolute atomic E-state index is 12.4. The molecule has 0 saturated carbocycles. The number of thioether (sulfide) groups is 1. The van der Waals surface area contributed by atoms with E-state index in [1.807, 2.05) is 30.0 Å². The van der Waals surface area contributed by atoms with Gasteiger partial charge in [0.2, 0.25) is 5.91 Å². The summed E-state index contributed by atoms with van der Waals surface area (Å²) in [5.41, 5.74) is 0.920. The smallest absolute Gasteiger partial charge is 0.233 e. The van der Waals surface area contributed by atoms with Gasteiger partial charge in [0.25, 0.3) is 0 Å². The molecule has 0 spiro atoms. The van der Waals surface area contributed by atoms with Gasteiger partial charge in [-0.2, -0.15) is 0 Å². The molecule has 1 amide bonds. The summed E-state index contributed by atoms with van der Waals surface area (Å²) >= 11 is 2.98. The molecular formula is C16H20N4O2S2. The molecule has 0 radical (unpaired) electrons. The zero-order chi connectivity index (χ0) is 16.8. The summed E-state index contributed by atoms with van der Waals surface area (Å²) in [6.07, 6.45) is 3.81. The van der Waals surface area contributed by atoms with Crippen LogP contribution >= 0.6 is 23.1 Å². The third-order valence-electron chi connectivity index (χ3n) is 3.75. The topological polar surface area (TPSA) is 68.2 Å². The Balaban J connectivity index is 1.45. The largest absolute Gasteiger partial charge is 0.370 e. The Labute approximate surface area is 149 Å². The molecule has 1 fully saturated rings. The van der Waals surface area contributed by atoms with Gasteiger partial charge in [0.05, 0.1) is 24.2 Å². The van der Waals surface area contributed by atoms with Crippen LogP contribution < -0.4 is 0 Å². The highest BCUT2D eigenvalue weighted by Gasteiger charge is 2.24. The summed E-state index contributed by atoms with van der Waals surface area (Å²) < 4.78 is 6.78. The Kier molecular flexibility index (Phi) is 6.17. The van der Waals surface area contributed by atoms with Crippen LogP contribution in [0.4, 0.5) is 0 Å². The van der Waals surface area contributed by atoms with Crippen LogP contribution in [0.25, 0.3) is 0 Å². The molecule has 2 aromatic heterocycles.